The molecule has 1 aromatic rings. The lowest BCUT2D eigenvalue weighted by atomic mass is 9.86. The smallest absolute Gasteiger partial charge is 0.453 e. The lowest BCUT2D eigenvalue weighted by Crippen LogP contribution is -2.52. The van der Waals surface area contributed by atoms with Crippen LogP contribution in [-0.4, -0.2) is 72.8 Å². The number of nitrogens with zero attached hydrogens (tertiary/aromatic N) is 3. The summed E-state index contributed by atoms with van der Waals surface area (Å²) < 4.78 is 87.8. The molecule has 3 fully saturated rings. The van der Waals surface area contributed by atoms with E-state index in [1.165, 1.54) is 4.90 Å². The summed E-state index contributed by atoms with van der Waals surface area (Å²) in [5.41, 5.74) is -5.68. The second kappa shape index (κ2) is 8.86. The molecule has 1 amide bonds. The van der Waals surface area contributed by atoms with E-state index in [1.807, 2.05) is 0 Å². The number of hydrogen-bond acceptors (Lipinski definition) is 7. The predicted molar refractivity (Wildman–Crippen MR) is 109 cm³/mol. The molecule has 0 aromatic carbocycles. The fraction of sp³-hybridized carbons (Fsp3) is 0.750. The van der Waals surface area contributed by atoms with Crippen LogP contribution < -0.4 is 4.72 Å². The van der Waals surface area contributed by atoms with Crippen molar-refractivity contribution in [3.05, 3.63) is 24.0 Å². The van der Waals surface area contributed by atoms with Gasteiger partial charge in [-0.2, -0.15) is 13.2 Å². The number of carbonyl (C=O) groups is 1. The van der Waals surface area contributed by atoms with Crippen LogP contribution in [0.1, 0.15) is 44.9 Å². The molecule has 4 rings (SSSR count). The molecule has 14 heteroatoms. The number of sulfonamides is 1. The Morgan fingerprint density at radius 3 is 2.56 bits per heavy atom. The number of aromatic nitrogens is 2. The molecule has 2 saturated carbocycles. The number of alkyl halides is 3. The van der Waals surface area contributed by atoms with Crippen LogP contribution in [0.3, 0.4) is 0 Å². The van der Waals surface area contributed by atoms with Crippen LogP contribution in [0.5, 0.6) is 0 Å². The first kappa shape index (κ1) is 25.0. The first-order valence-corrected chi connectivity index (χ1v) is 12.4. The highest BCUT2D eigenvalue weighted by Gasteiger charge is 2.60. The summed E-state index contributed by atoms with van der Waals surface area (Å²) in [4.78, 5) is 21.7. The molecule has 0 radical (unpaired) electrons. The van der Waals surface area contributed by atoms with E-state index in [-0.39, 0.29) is 30.5 Å². The highest BCUT2D eigenvalue weighted by Crippen LogP contribution is 2.61. The molecule has 6 atom stereocenters. The number of methoxy groups -OCH3 is 1. The van der Waals surface area contributed by atoms with Crippen molar-refractivity contribution in [3.8, 4) is 0 Å². The maximum Gasteiger partial charge on any atom is 0.511 e. The summed E-state index contributed by atoms with van der Waals surface area (Å²) in [7, 11) is -4.46. The van der Waals surface area contributed by atoms with Gasteiger partial charge in [-0.1, -0.05) is 0 Å². The molecule has 1 saturated heterocycles. The van der Waals surface area contributed by atoms with Crippen LogP contribution in [-0.2, 0) is 24.9 Å². The van der Waals surface area contributed by atoms with E-state index < -0.39 is 45.6 Å². The highest BCUT2D eigenvalue weighted by molar-refractivity contribution is 7.90. The average Bonchev–Trinajstić information content (AvgIpc) is 3.42. The minimum atomic E-state index is -5.61. The summed E-state index contributed by atoms with van der Waals surface area (Å²) >= 11 is 0. The minimum Gasteiger partial charge on any atom is -0.453 e. The lowest BCUT2D eigenvalue weighted by Gasteiger charge is -2.32. The van der Waals surface area contributed by atoms with E-state index in [0.29, 0.717) is 25.1 Å². The Balaban J connectivity index is 1.42. The minimum absolute atomic E-state index is 0.0171. The molecule has 34 heavy (non-hydrogen) atoms. The molecule has 3 aliphatic rings. The number of fused-ring (bicyclic) bond motifs is 1. The number of ether oxygens (including phenoxy) is 2. The number of likely N-dealkylation sites (tertiary alicyclic amines) is 1. The Hall–Kier alpha value is -2.06. The van der Waals surface area contributed by atoms with Crippen LogP contribution in [0.15, 0.2) is 12.4 Å². The van der Waals surface area contributed by atoms with Crippen LogP contribution in [0.25, 0.3) is 0 Å². The molecular formula is C20H26F4N4O5S. The van der Waals surface area contributed by atoms with Crippen molar-refractivity contribution in [3.63, 3.8) is 0 Å². The highest BCUT2D eigenvalue weighted by atomic mass is 32.2. The van der Waals surface area contributed by atoms with Crippen molar-refractivity contribution < 1.29 is 40.2 Å². The van der Waals surface area contributed by atoms with Gasteiger partial charge in [0.2, 0.25) is 0 Å². The monoisotopic (exact) mass is 510 g/mol. The number of nitrogens with one attached hydrogen (secondary N) is 1. The average molecular weight is 511 g/mol. The number of carbonyl (C=O) groups excluding carboxylic acids is 1. The van der Waals surface area contributed by atoms with Gasteiger partial charge in [0.15, 0.2) is 5.82 Å². The number of rotatable bonds is 6. The zero-order valence-corrected chi connectivity index (χ0v) is 19.4. The summed E-state index contributed by atoms with van der Waals surface area (Å²) in [6.07, 6.45) is 4.08. The second-order valence-corrected chi connectivity index (χ2v) is 10.9. The van der Waals surface area contributed by atoms with Crippen molar-refractivity contribution in [2.45, 2.75) is 74.2 Å². The van der Waals surface area contributed by atoms with Gasteiger partial charge in [-0.3, -0.25) is 4.90 Å². The first-order chi connectivity index (χ1) is 15.9. The van der Waals surface area contributed by atoms with Gasteiger partial charge in [-0.05, 0) is 44.9 Å². The third-order valence-electron chi connectivity index (χ3n) is 7.15. The number of amides is 1. The van der Waals surface area contributed by atoms with Crippen LogP contribution in [0.4, 0.5) is 22.4 Å². The molecule has 0 unspecified atom stereocenters. The Bertz CT molecular complexity index is 1020. The molecule has 1 aromatic heterocycles. The number of halogens is 4. The van der Waals surface area contributed by atoms with Gasteiger partial charge in [0, 0.05) is 17.5 Å². The van der Waals surface area contributed by atoms with Gasteiger partial charge >= 0.3 is 21.6 Å². The molecule has 1 N–H and O–H groups in total. The molecule has 0 bridgehead atoms. The predicted octanol–water partition coefficient (Wildman–Crippen LogP) is 2.48. The molecule has 0 spiro atoms. The SMILES string of the molecule is COC(=O)N1[C@H](C)C[C@H](NS(=O)(=O)C(F)(F)F)[C@@H]1CO[C@@H]1CC[C@]2(c3ncc(F)cn3)C[C@@H]2C1. The first-order valence-electron chi connectivity index (χ1n) is 10.9. The van der Waals surface area contributed by atoms with Gasteiger partial charge < -0.3 is 9.47 Å². The molecule has 1 aliphatic heterocycles. The van der Waals surface area contributed by atoms with E-state index in [4.69, 9.17) is 9.47 Å². The van der Waals surface area contributed by atoms with Crippen molar-refractivity contribution in [2.24, 2.45) is 5.92 Å². The van der Waals surface area contributed by atoms with Gasteiger partial charge in [-0.15, -0.1) is 0 Å². The fourth-order valence-electron chi connectivity index (χ4n) is 5.36. The molecule has 190 valence electrons. The van der Waals surface area contributed by atoms with Crippen LogP contribution in [0.2, 0.25) is 0 Å². The van der Waals surface area contributed by atoms with Crippen molar-refractivity contribution in [1.29, 1.82) is 0 Å². The molecule has 2 aliphatic carbocycles. The fourth-order valence-corrected chi connectivity index (χ4v) is 6.15. The lowest BCUT2D eigenvalue weighted by molar-refractivity contribution is -0.0456. The van der Waals surface area contributed by atoms with Crippen LogP contribution in [0, 0.1) is 11.7 Å². The van der Waals surface area contributed by atoms with E-state index in [2.05, 4.69) is 9.97 Å². The third kappa shape index (κ3) is 4.59. The van der Waals surface area contributed by atoms with Crippen LogP contribution >= 0.6 is 0 Å². The maximum atomic E-state index is 13.2. The zero-order valence-electron chi connectivity index (χ0n) is 18.6. The van der Waals surface area contributed by atoms with E-state index in [0.717, 1.165) is 25.9 Å². The third-order valence-corrected chi connectivity index (χ3v) is 8.37. The van der Waals surface area contributed by atoms with Crippen molar-refractivity contribution >= 4 is 16.1 Å². The summed E-state index contributed by atoms with van der Waals surface area (Å²) in [5.74, 6) is 0.321. The van der Waals surface area contributed by atoms with Gasteiger partial charge in [0.25, 0.3) is 0 Å². The van der Waals surface area contributed by atoms with Gasteiger partial charge in [0.1, 0.15) is 5.82 Å². The normalized spacial score (nSPS) is 33.5. The quantitative estimate of drug-likeness (QED) is 0.586. The topological polar surface area (TPSA) is 111 Å². The Morgan fingerprint density at radius 2 is 1.97 bits per heavy atom. The standard InChI is InChI=1S/C20H26F4N4O5S/c1-11-5-15(27-34(30,31)20(22,23)24)16(28(11)18(29)32-2)10-33-14-3-4-19(7-12(19)6-14)17-25-8-13(21)9-26-17/h8-9,11-12,14-16,27H,3-7,10H2,1-2H3/t11-,12+,14-,15+,16+,19+/m1/s1. The Labute approximate surface area is 194 Å². The van der Waals surface area contributed by atoms with Crippen molar-refractivity contribution in [1.82, 2.24) is 19.6 Å². The van der Waals surface area contributed by atoms with E-state index in [9.17, 15) is 30.8 Å². The van der Waals surface area contributed by atoms with Gasteiger partial charge in [0.05, 0.1) is 38.3 Å². The zero-order chi connectivity index (χ0) is 24.9. The Morgan fingerprint density at radius 1 is 1.29 bits per heavy atom. The summed E-state index contributed by atoms with van der Waals surface area (Å²) in [5, 5.41) is 0. The maximum absolute atomic E-state index is 13.2. The van der Waals surface area contributed by atoms with Gasteiger partial charge in [-0.25, -0.2) is 32.3 Å². The van der Waals surface area contributed by atoms with Crippen molar-refractivity contribution in [2.75, 3.05) is 13.7 Å². The largest absolute Gasteiger partial charge is 0.511 e. The Kier molecular flexibility index (Phi) is 6.53. The molecule has 2 heterocycles. The van der Waals surface area contributed by atoms with E-state index in [1.54, 1.807) is 11.6 Å². The second-order valence-electron chi connectivity index (χ2n) is 9.21. The summed E-state index contributed by atoms with van der Waals surface area (Å²) in [6.45, 7) is 1.45. The molecular weight excluding hydrogens is 484 g/mol. The number of hydrogen-bond donors (Lipinski definition) is 1. The van der Waals surface area contributed by atoms with E-state index >= 15 is 0 Å². The summed E-state index contributed by atoms with van der Waals surface area (Å²) in [6, 6.07) is -2.71. The molecule has 9 nitrogen and oxygen atoms in total.